The standard InChI is InChI=1S/C24H27FN4O3/c1-28-23(31)24(15-17-5-3-2-4-6-17)16-29(13-11-21(24)27-28)22(30)20(26)12-14-32-19-9-7-18(25)8-10-19/h2-10,20H,11-16,26H2,1H3/t20?,24-/m1/s1. The molecule has 2 atom stereocenters. The van der Waals surface area contributed by atoms with Crippen LogP contribution in [0.5, 0.6) is 5.75 Å². The van der Waals surface area contributed by atoms with E-state index in [1.807, 2.05) is 30.3 Å². The molecule has 0 spiro atoms. The lowest BCUT2D eigenvalue weighted by atomic mass is 9.73. The smallest absolute Gasteiger partial charge is 0.256 e. The van der Waals surface area contributed by atoms with E-state index in [9.17, 15) is 14.0 Å². The normalized spacial score (nSPS) is 21.2. The van der Waals surface area contributed by atoms with Crippen LogP contribution in [0.4, 0.5) is 4.39 Å². The molecule has 168 valence electrons. The Hall–Kier alpha value is -3.26. The fraction of sp³-hybridized carbons (Fsp3) is 0.375. The molecule has 2 N–H and O–H groups in total. The number of fused-ring (bicyclic) bond motifs is 1. The number of nitrogens with two attached hydrogens (primary N) is 1. The minimum Gasteiger partial charge on any atom is -0.494 e. The Bertz CT molecular complexity index is 1010. The van der Waals surface area contributed by atoms with E-state index >= 15 is 0 Å². The van der Waals surface area contributed by atoms with Crippen LogP contribution in [-0.2, 0) is 16.0 Å². The molecule has 4 rings (SSSR count). The van der Waals surface area contributed by atoms with Crippen LogP contribution in [0.3, 0.4) is 0 Å². The van der Waals surface area contributed by atoms with Gasteiger partial charge in [0.05, 0.1) is 18.4 Å². The maximum absolute atomic E-state index is 13.2. The van der Waals surface area contributed by atoms with Crippen molar-refractivity contribution in [1.82, 2.24) is 9.91 Å². The Kier molecular flexibility index (Phi) is 6.23. The number of hydrazone groups is 1. The van der Waals surface area contributed by atoms with E-state index in [1.165, 1.54) is 29.3 Å². The molecular formula is C24H27FN4O3. The van der Waals surface area contributed by atoms with Crippen molar-refractivity contribution >= 4 is 17.5 Å². The Morgan fingerprint density at radius 3 is 2.66 bits per heavy atom. The number of carbonyl (C=O) groups is 2. The monoisotopic (exact) mass is 438 g/mol. The molecule has 8 heteroatoms. The van der Waals surface area contributed by atoms with Crippen LogP contribution >= 0.6 is 0 Å². The highest BCUT2D eigenvalue weighted by Crippen LogP contribution is 2.38. The summed E-state index contributed by atoms with van der Waals surface area (Å²) in [7, 11) is 1.66. The molecule has 2 aliphatic heterocycles. The number of hydrogen-bond acceptors (Lipinski definition) is 5. The Labute approximate surface area is 186 Å². The summed E-state index contributed by atoms with van der Waals surface area (Å²) in [5.74, 6) is -0.122. The third-order valence-corrected chi connectivity index (χ3v) is 6.09. The van der Waals surface area contributed by atoms with Gasteiger partial charge in [-0.2, -0.15) is 5.10 Å². The predicted molar refractivity (Wildman–Crippen MR) is 118 cm³/mol. The number of amides is 2. The van der Waals surface area contributed by atoms with Crippen LogP contribution in [0.25, 0.3) is 0 Å². The highest BCUT2D eigenvalue weighted by Gasteiger charge is 2.53. The van der Waals surface area contributed by atoms with Gasteiger partial charge in [-0.05, 0) is 36.2 Å². The van der Waals surface area contributed by atoms with E-state index in [0.29, 0.717) is 31.6 Å². The lowest BCUT2D eigenvalue weighted by Crippen LogP contribution is -2.58. The SMILES string of the molecule is CN1N=C2CCN(C(=O)C(N)CCOc3ccc(F)cc3)C[C@@]2(Cc2ccccc2)C1=O. The van der Waals surface area contributed by atoms with Crippen LogP contribution in [0, 0.1) is 11.2 Å². The molecule has 0 bridgehead atoms. The molecule has 1 unspecified atom stereocenters. The van der Waals surface area contributed by atoms with Gasteiger partial charge >= 0.3 is 0 Å². The number of piperidine rings is 1. The minimum atomic E-state index is -0.853. The van der Waals surface area contributed by atoms with E-state index in [2.05, 4.69) is 5.10 Å². The summed E-state index contributed by atoms with van der Waals surface area (Å²) in [5.41, 5.74) is 7.17. The molecule has 1 fully saturated rings. The summed E-state index contributed by atoms with van der Waals surface area (Å²) in [6, 6.07) is 14.7. The molecule has 0 aromatic heterocycles. The van der Waals surface area contributed by atoms with Crippen molar-refractivity contribution in [2.24, 2.45) is 16.3 Å². The predicted octanol–water partition coefficient (Wildman–Crippen LogP) is 2.21. The molecule has 0 saturated carbocycles. The van der Waals surface area contributed by atoms with Crippen molar-refractivity contribution in [3.05, 3.63) is 66.0 Å². The van der Waals surface area contributed by atoms with Gasteiger partial charge < -0.3 is 15.4 Å². The van der Waals surface area contributed by atoms with E-state index in [4.69, 9.17) is 10.5 Å². The topological polar surface area (TPSA) is 88.2 Å². The second-order valence-corrected chi connectivity index (χ2v) is 8.33. The van der Waals surface area contributed by atoms with E-state index < -0.39 is 11.5 Å². The molecule has 2 amide bonds. The van der Waals surface area contributed by atoms with Crippen LogP contribution < -0.4 is 10.5 Å². The van der Waals surface area contributed by atoms with Crippen molar-refractivity contribution in [3.63, 3.8) is 0 Å². The third-order valence-electron chi connectivity index (χ3n) is 6.09. The maximum atomic E-state index is 13.2. The van der Waals surface area contributed by atoms with Gasteiger partial charge in [-0.1, -0.05) is 30.3 Å². The number of nitrogens with zero attached hydrogens (tertiary/aromatic N) is 3. The Balaban J connectivity index is 1.42. The lowest BCUT2D eigenvalue weighted by Gasteiger charge is -2.40. The second-order valence-electron chi connectivity index (χ2n) is 8.33. The lowest BCUT2D eigenvalue weighted by molar-refractivity contribution is -0.140. The molecule has 0 radical (unpaired) electrons. The number of likely N-dealkylation sites (tertiary alicyclic amines) is 1. The average molecular weight is 439 g/mol. The summed E-state index contributed by atoms with van der Waals surface area (Å²) < 4.78 is 18.6. The van der Waals surface area contributed by atoms with Gasteiger partial charge in [-0.25, -0.2) is 9.40 Å². The van der Waals surface area contributed by atoms with Crippen molar-refractivity contribution in [3.8, 4) is 5.75 Å². The minimum absolute atomic E-state index is 0.0953. The first-order chi connectivity index (χ1) is 15.4. The average Bonchev–Trinajstić information content (AvgIpc) is 3.04. The van der Waals surface area contributed by atoms with Crippen LogP contribution in [-0.4, -0.2) is 60.2 Å². The second kappa shape index (κ2) is 9.08. The van der Waals surface area contributed by atoms with Crippen molar-refractivity contribution < 1.29 is 18.7 Å². The van der Waals surface area contributed by atoms with Crippen LogP contribution in [0.2, 0.25) is 0 Å². The van der Waals surface area contributed by atoms with Crippen molar-refractivity contribution in [1.29, 1.82) is 0 Å². The van der Waals surface area contributed by atoms with E-state index in [-0.39, 0.29) is 30.8 Å². The van der Waals surface area contributed by atoms with Gasteiger partial charge in [0.1, 0.15) is 17.0 Å². The fourth-order valence-corrected chi connectivity index (χ4v) is 4.41. The van der Waals surface area contributed by atoms with Gasteiger partial charge in [0.15, 0.2) is 0 Å². The van der Waals surface area contributed by atoms with E-state index in [1.54, 1.807) is 11.9 Å². The first kappa shape index (κ1) is 22.0. The largest absolute Gasteiger partial charge is 0.494 e. The number of ether oxygens (including phenoxy) is 1. The molecule has 2 heterocycles. The molecule has 1 saturated heterocycles. The zero-order valence-electron chi connectivity index (χ0n) is 18.0. The zero-order chi connectivity index (χ0) is 22.7. The summed E-state index contributed by atoms with van der Waals surface area (Å²) in [6.45, 7) is 0.965. The summed E-state index contributed by atoms with van der Waals surface area (Å²) in [6.07, 6.45) is 1.34. The van der Waals surface area contributed by atoms with Gasteiger partial charge in [-0.3, -0.25) is 9.59 Å². The summed E-state index contributed by atoms with van der Waals surface area (Å²) >= 11 is 0. The zero-order valence-corrected chi connectivity index (χ0v) is 18.0. The first-order valence-electron chi connectivity index (χ1n) is 10.7. The molecule has 2 aromatic rings. The number of halogens is 1. The number of carbonyl (C=O) groups excluding carboxylic acids is 2. The fourth-order valence-electron chi connectivity index (χ4n) is 4.41. The highest BCUT2D eigenvalue weighted by atomic mass is 19.1. The van der Waals surface area contributed by atoms with Gasteiger partial charge in [0.25, 0.3) is 5.91 Å². The number of benzene rings is 2. The van der Waals surface area contributed by atoms with Crippen molar-refractivity contribution in [2.45, 2.75) is 25.3 Å². The number of hydrogen-bond donors (Lipinski definition) is 1. The molecule has 32 heavy (non-hydrogen) atoms. The molecule has 2 aliphatic rings. The third kappa shape index (κ3) is 4.36. The molecule has 2 aromatic carbocycles. The quantitative estimate of drug-likeness (QED) is 0.718. The van der Waals surface area contributed by atoms with Crippen molar-refractivity contribution in [2.75, 3.05) is 26.7 Å². The maximum Gasteiger partial charge on any atom is 0.256 e. The number of rotatable bonds is 7. The van der Waals surface area contributed by atoms with Crippen LogP contribution in [0.15, 0.2) is 59.7 Å². The van der Waals surface area contributed by atoms with Gasteiger partial charge in [0, 0.05) is 33.0 Å². The summed E-state index contributed by atoms with van der Waals surface area (Å²) in [4.78, 5) is 27.9. The highest BCUT2D eigenvalue weighted by molar-refractivity contribution is 6.13. The summed E-state index contributed by atoms with van der Waals surface area (Å²) in [5, 5.41) is 5.86. The first-order valence-corrected chi connectivity index (χ1v) is 10.7. The Morgan fingerprint density at radius 2 is 1.94 bits per heavy atom. The van der Waals surface area contributed by atoms with Gasteiger partial charge in [0.2, 0.25) is 5.91 Å². The molecule has 0 aliphatic carbocycles. The Morgan fingerprint density at radius 1 is 1.22 bits per heavy atom. The van der Waals surface area contributed by atoms with Gasteiger partial charge in [-0.15, -0.1) is 0 Å². The molecule has 7 nitrogen and oxygen atoms in total. The molecular weight excluding hydrogens is 411 g/mol. The van der Waals surface area contributed by atoms with Crippen LogP contribution in [0.1, 0.15) is 18.4 Å². The van der Waals surface area contributed by atoms with E-state index in [0.717, 1.165) is 11.3 Å².